The molecule has 1 heterocycles. The Balaban J connectivity index is 3.51. The predicted molar refractivity (Wildman–Crippen MR) is 100 cm³/mol. The topological polar surface area (TPSA) is 144 Å². The highest BCUT2D eigenvalue weighted by Gasteiger charge is 2.50. The van der Waals surface area contributed by atoms with E-state index in [9.17, 15) is 37.1 Å². The van der Waals surface area contributed by atoms with Crippen LogP contribution in [-0.2, 0) is 47.7 Å². The number of nitrogens with one attached hydrogen (secondary N) is 1. The Labute approximate surface area is 190 Å². The first kappa shape index (κ1) is 28.0. The van der Waals surface area contributed by atoms with E-state index in [1.807, 2.05) is 0 Å². The molecule has 0 aliphatic carbocycles. The fourth-order valence-corrected chi connectivity index (χ4v) is 3.05. The van der Waals surface area contributed by atoms with E-state index in [1.54, 1.807) is 5.32 Å². The van der Waals surface area contributed by atoms with Crippen LogP contribution in [0.3, 0.4) is 0 Å². The Morgan fingerprint density at radius 2 is 1.67 bits per heavy atom. The average molecular weight is 504 g/mol. The van der Waals surface area contributed by atoms with Gasteiger partial charge < -0.3 is 29.0 Å². The largest absolute Gasteiger partial charge is 0.477 e. The van der Waals surface area contributed by atoms with E-state index in [0.29, 0.717) is 0 Å². The number of methoxy groups -OCH3 is 1. The van der Waals surface area contributed by atoms with Crippen LogP contribution >= 0.6 is 11.6 Å². The minimum Gasteiger partial charge on any atom is -0.477 e. The number of esters is 4. The summed E-state index contributed by atoms with van der Waals surface area (Å²) in [5.41, 5.74) is 0. The Kier molecular flexibility index (Phi) is 9.95. The number of amides is 1. The molecule has 0 radical (unpaired) electrons. The molecular formula is C18H21ClF3NO10. The van der Waals surface area contributed by atoms with Crippen molar-refractivity contribution in [1.82, 2.24) is 5.32 Å². The summed E-state index contributed by atoms with van der Waals surface area (Å²) in [6.07, 6.45) is -9.67. The van der Waals surface area contributed by atoms with Gasteiger partial charge in [0.05, 0.1) is 18.5 Å². The van der Waals surface area contributed by atoms with Gasteiger partial charge in [0.15, 0.2) is 18.3 Å². The summed E-state index contributed by atoms with van der Waals surface area (Å²) < 4.78 is 63.4. The second-order valence-corrected chi connectivity index (χ2v) is 7.07. The van der Waals surface area contributed by atoms with Gasteiger partial charge in [-0.2, -0.15) is 13.2 Å². The second-order valence-electron chi connectivity index (χ2n) is 6.57. The molecule has 186 valence electrons. The van der Waals surface area contributed by atoms with Gasteiger partial charge in [0, 0.05) is 20.8 Å². The van der Waals surface area contributed by atoms with Crippen LogP contribution in [0.25, 0.3) is 0 Å². The third-order valence-corrected chi connectivity index (χ3v) is 4.37. The number of hydrogen-bond acceptors (Lipinski definition) is 10. The average Bonchev–Trinajstić information content (AvgIpc) is 2.68. The van der Waals surface area contributed by atoms with E-state index in [4.69, 9.17) is 30.5 Å². The van der Waals surface area contributed by atoms with Crippen molar-refractivity contribution in [2.24, 2.45) is 0 Å². The molecule has 1 rings (SSSR count). The summed E-state index contributed by atoms with van der Waals surface area (Å²) in [6.45, 7) is 2.18. The lowest BCUT2D eigenvalue weighted by Gasteiger charge is -2.40. The number of carbonyl (C=O) groups excluding carboxylic acids is 5. The third kappa shape index (κ3) is 8.44. The fraction of sp³-hybridized carbons (Fsp3) is 0.611. The normalized spacial score (nSPS) is 21.9. The van der Waals surface area contributed by atoms with Crippen LogP contribution in [0.4, 0.5) is 13.2 Å². The lowest BCUT2D eigenvalue weighted by molar-refractivity contribution is -0.190. The quantitative estimate of drug-likeness (QED) is 0.283. The molecule has 0 bridgehead atoms. The first-order chi connectivity index (χ1) is 15.2. The Hall–Kier alpha value is -3.03. The van der Waals surface area contributed by atoms with Gasteiger partial charge >= 0.3 is 36.0 Å². The highest BCUT2D eigenvalue weighted by Crippen LogP contribution is 2.30. The Bertz CT molecular complexity index is 816. The standard InChI is InChI=1S/C18H21ClF3NO10/c1-7(24)30-6-12(31-8(2)25)14(32-9(3)26)15-13(23-17(28)18(20,21)22)10(19)5-11(33-15)16(27)29-4/h5,10,12-15H,6H2,1-4H3,(H,23,28)/t10-,12-,13-,14-,15-/m1/s1. The number of carbonyl (C=O) groups is 5. The van der Waals surface area contributed by atoms with Crippen LogP contribution in [0, 0.1) is 0 Å². The molecule has 1 aliphatic rings. The first-order valence-electron chi connectivity index (χ1n) is 9.13. The molecule has 1 amide bonds. The third-order valence-electron chi connectivity index (χ3n) is 3.97. The van der Waals surface area contributed by atoms with Crippen LogP contribution in [0.5, 0.6) is 0 Å². The zero-order valence-corrected chi connectivity index (χ0v) is 18.5. The maximum Gasteiger partial charge on any atom is 0.471 e. The van der Waals surface area contributed by atoms with Crippen molar-refractivity contribution in [3.63, 3.8) is 0 Å². The summed E-state index contributed by atoms with van der Waals surface area (Å²) in [6, 6.07) is -1.76. The zero-order chi connectivity index (χ0) is 25.5. The number of halogens is 4. The van der Waals surface area contributed by atoms with Crippen molar-refractivity contribution >= 4 is 41.4 Å². The summed E-state index contributed by atoms with van der Waals surface area (Å²) >= 11 is 6.11. The molecule has 0 unspecified atom stereocenters. The minimum atomic E-state index is -5.32. The van der Waals surface area contributed by atoms with E-state index in [1.165, 1.54) is 0 Å². The molecule has 1 aliphatic heterocycles. The van der Waals surface area contributed by atoms with E-state index in [0.717, 1.165) is 34.0 Å². The maximum atomic E-state index is 12.9. The van der Waals surface area contributed by atoms with Crippen LogP contribution in [-0.4, -0.2) is 79.4 Å². The van der Waals surface area contributed by atoms with Gasteiger partial charge in [-0.1, -0.05) is 0 Å². The number of rotatable bonds is 8. The number of hydrogen-bond donors (Lipinski definition) is 1. The number of ether oxygens (including phenoxy) is 5. The van der Waals surface area contributed by atoms with Crippen molar-refractivity contribution in [3.8, 4) is 0 Å². The zero-order valence-electron chi connectivity index (χ0n) is 17.8. The molecule has 0 aromatic heterocycles. The van der Waals surface area contributed by atoms with Crippen molar-refractivity contribution < 1.29 is 60.8 Å². The maximum absolute atomic E-state index is 12.9. The molecule has 0 spiro atoms. The van der Waals surface area contributed by atoms with Gasteiger partial charge in [-0.15, -0.1) is 11.6 Å². The van der Waals surface area contributed by atoms with E-state index >= 15 is 0 Å². The summed E-state index contributed by atoms with van der Waals surface area (Å²) in [7, 11) is 0.980. The molecule has 5 atom stereocenters. The van der Waals surface area contributed by atoms with Crippen molar-refractivity contribution in [2.45, 2.75) is 56.7 Å². The molecule has 33 heavy (non-hydrogen) atoms. The highest BCUT2D eigenvalue weighted by molar-refractivity contribution is 6.23. The van der Waals surface area contributed by atoms with Crippen LogP contribution in [0.1, 0.15) is 20.8 Å². The highest BCUT2D eigenvalue weighted by atomic mass is 35.5. The molecule has 1 N–H and O–H groups in total. The lowest BCUT2D eigenvalue weighted by Crippen LogP contribution is -2.62. The van der Waals surface area contributed by atoms with Crippen molar-refractivity contribution in [2.75, 3.05) is 13.7 Å². The van der Waals surface area contributed by atoms with Crippen LogP contribution in [0.2, 0.25) is 0 Å². The molecule has 0 saturated heterocycles. The first-order valence-corrected chi connectivity index (χ1v) is 9.57. The van der Waals surface area contributed by atoms with Crippen molar-refractivity contribution in [1.29, 1.82) is 0 Å². The van der Waals surface area contributed by atoms with E-state index in [2.05, 4.69) is 4.74 Å². The fourth-order valence-electron chi connectivity index (χ4n) is 2.73. The second kappa shape index (κ2) is 11.7. The molecule has 11 nitrogen and oxygen atoms in total. The van der Waals surface area contributed by atoms with Gasteiger partial charge in [0.25, 0.3) is 0 Å². The van der Waals surface area contributed by atoms with Gasteiger partial charge in [0.1, 0.15) is 6.61 Å². The summed E-state index contributed by atoms with van der Waals surface area (Å²) in [5.74, 6) is -6.85. The molecular weight excluding hydrogens is 483 g/mol. The van der Waals surface area contributed by atoms with E-state index < -0.39 is 78.1 Å². The Morgan fingerprint density at radius 3 is 2.12 bits per heavy atom. The number of alkyl halides is 4. The Morgan fingerprint density at radius 1 is 1.09 bits per heavy atom. The molecule has 0 fully saturated rings. The van der Waals surface area contributed by atoms with Gasteiger partial charge in [-0.05, 0) is 6.08 Å². The minimum absolute atomic E-state index is 0.578. The molecule has 0 saturated carbocycles. The monoisotopic (exact) mass is 503 g/mol. The predicted octanol–water partition coefficient (Wildman–Crippen LogP) is 0.523. The summed E-state index contributed by atoms with van der Waals surface area (Å²) in [4.78, 5) is 58.1. The van der Waals surface area contributed by atoms with Gasteiger partial charge in [-0.3, -0.25) is 19.2 Å². The molecule has 0 aromatic rings. The van der Waals surface area contributed by atoms with E-state index in [-0.39, 0.29) is 0 Å². The molecule has 15 heteroatoms. The van der Waals surface area contributed by atoms with Gasteiger partial charge in [0.2, 0.25) is 5.76 Å². The smallest absolute Gasteiger partial charge is 0.471 e. The van der Waals surface area contributed by atoms with Crippen LogP contribution in [0.15, 0.2) is 11.8 Å². The van der Waals surface area contributed by atoms with Crippen LogP contribution < -0.4 is 5.32 Å². The SMILES string of the molecule is COC(=O)C1=C[C@@H](Cl)[C@@H](NC(=O)C(F)(F)F)[C@H]([C@H](OC(C)=O)[C@@H](COC(C)=O)OC(C)=O)O1. The summed E-state index contributed by atoms with van der Waals surface area (Å²) in [5, 5.41) is 0.100. The lowest BCUT2D eigenvalue weighted by atomic mass is 9.95. The van der Waals surface area contributed by atoms with Gasteiger partial charge in [-0.25, -0.2) is 4.79 Å². The molecule has 0 aromatic carbocycles. The van der Waals surface area contributed by atoms with Crippen molar-refractivity contribution in [3.05, 3.63) is 11.8 Å².